The first-order valence-corrected chi connectivity index (χ1v) is 17.3. The number of carbonyl (C=O) groups is 1. The molecular weight excluding hydrogens is 637 g/mol. The zero-order chi connectivity index (χ0) is 33.5. The molecule has 1 saturated heterocycles. The number of methoxy groups -OCH3 is 1. The van der Waals surface area contributed by atoms with Crippen molar-refractivity contribution in [2.45, 2.75) is 68.9 Å². The summed E-state index contributed by atoms with van der Waals surface area (Å²) in [5, 5.41) is 16.9. The highest BCUT2D eigenvalue weighted by molar-refractivity contribution is 7.90. The normalized spacial score (nSPS) is 26.5. The molecule has 2 aliphatic heterocycles. The van der Waals surface area contributed by atoms with Crippen molar-refractivity contribution in [3.8, 4) is 6.07 Å². The second kappa shape index (κ2) is 13.1. The molecule has 1 amide bonds. The van der Waals surface area contributed by atoms with Gasteiger partial charge >= 0.3 is 0 Å². The number of nitrogens with one attached hydrogen (secondary N) is 3. The molecule has 0 aromatic heterocycles. The second-order valence-electron chi connectivity index (χ2n) is 13.5. The average molecular weight is 676 g/mol. The summed E-state index contributed by atoms with van der Waals surface area (Å²) in [7, 11) is 1.64. The van der Waals surface area contributed by atoms with Crippen molar-refractivity contribution in [2.75, 3.05) is 24.3 Å². The number of ether oxygens (including phenoxy) is 1. The Hall–Kier alpha value is -3.59. The number of nitriles is 1. The maximum Gasteiger partial charge on any atom is 0.247 e. The van der Waals surface area contributed by atoms with E-state index in [0.29, 0.717) is 42.0 Å². The first kappa shape index (κ1) is 33.3. The van der Waals surface area contributed by atoms with Crippen molar-refractivity contribution < 1.29 is 18.5 Å². The third kappa shape index (κ3) is 6.87. The molecule has 6 rings (SSSR count). The van der Waals surface area contributed by atoms with Crippen LogP contribution in [0.2, 0.25) is 5.02 Å². The SMILES string of the molecule is CO[C@H]1C[C@H]2C(=O)Nc3cc(ccc3F)C(N[S@+]([O-])C(C)(C)C)(c3cccc(C#N)c3)CCC3C/C3=C(\Nc3ccc(Cl)cc3)N2C1. The predicted octanol–water partition coefficient (Wildman–Crippen LogP) is 6.81. The fourth-order valence-electron chi connectivity index (χ4n) is 6.53. The fraction of sp³-hybridized carbons (Fsp3) is 0.389. The van der Waals surface area contributed by atoms with Crippen LogP contribution < -0.4 is 15.4 Å². The van der Waals surface area contributed by atoms with Crippen LogP contribution >= 0.6 is 11.6 Å². The lowest BCUT2D eigenvalue weighted by molar-refractivity contribution is -0.119. The molecular formula is C36H39ClFN5O3S. The molecule has 1 aliphatic carbocycles. The van der Waals surface area contributed by atoms with Crippen LogP contribution in [0.25, 0.3) is 0 Å². The van der Waals surface area contributed by atoms with Crippen molar-refractivity contribution in [1.82, 2.24) is 9.62 Å². The van der Waals surface area contributed by atoms with Gasteiger partial charge in [0.2, 0.25) is 5.91 Å². The van der Waals surface area contributed by atoms with E-state index in [2.05, 4.69) is 21.4 Å². The van der Waals surface area contributed by atoms with E-state index < -0.39 is 33.5 Å². The van der Waals surface area contributed by atoms with Gasteiger partial charge in [-0.3, -0.25) is 4.79 Å². The van der Waals surface area contributed by atoms with E-state index >= 15 is 4.39 Å². The van der Waals surface area contributed by atoms with Crippen LogP contribution in [0, 0.1) is 23.1 Å². The van der Waals surface area contributed by atoms with Crippen molar-refractivity contribution in [1.29, 1.82) is 5.26 Å². The second-order valence-corrected chi connectivity index (χ2v) is 15.9. The number of hydrogen-bond acceptors (Lipinski definition) is 7. The Morgan fingerprint density at radius 3 is 2.60 bits per heavy atom. The fourth-order valence-corrected chi connectivity index (χ4v) is 7.61. The van der Waals surface area contributed by atoms with Gasteiger partial charge in [-0.15, -0.1) is 4.72 Å². The first-order chi connectivity index (χ1) is 22.4. The summed E-state index contributed by atoms with van der Waals surface area (Å²) in [5.41, 5.74) is 2.80. The van der Waals surface area contributed by atoms with E-state index in [-0.39, 0.29) is 23.6 Å². The highest BCUT2D eigenvalue weighted by Crippen LogP contribution is 2.49. The van der Waals surface area contributed by atoms with Gasteiger partial charge in [0.1, 0.15) is 28.0 Å². The predicted molar refractivity (Wildman–Crippen MR) is 183 cm³/mol. The van der Waals surface area contributed by atoms with Gasteiger partial charge < -0.3 is 24.8 Å². The van der Waals surface area contributed by atoms with E-state index in [4.69, 9.17) is 16.3 Å². The molecule has 3 aliphatic rings. The zero-order valence-corrected chi connectivity index (χ0v) is 28.5. The van der Waals surface area contributed by atoms with Gasteiger partial charge in [0.05, 0.1) is 23.4 Å². The van der Waals surface area contributed by atoms with E-state index in [1.165, 1.54) is 11.6 Å². The molecule has 47 heavy (non-hydrogen) atoms. The number of allylic oxidation sites excluding steroid dienone is 1. The first-order valence-electron chi connectivity index (χ1n) is 15.8. The van der Waals surface area contributed by atoms with Gasteiger partial charge in [-0.05, 0) is 111 Å². The highest BCUT2D eigenvalue weighted by atomic mass is 35.5. The molecule has 0 radical (unpaired) electrons. The van der Waals surface area contributed by atoms with Gasteiger partial charge in [-0.1, -0.05) is 29.8 Å². The molecule has 3 N–H and O–H groups in total. The number of rotatable bonds is 6. The standard InChI is InChI=1S/C36H39ClFN5O3S/c1-35(2,3)47(45)42-36(24-7-5-6-22(16-24)20-39)15-14-23-17-29(23)33(40-27-11-9-26(37)10-12-27)43-21-28(46-4)19-32(43)34(44)41-31-18-25(36)8-13-30(31)38/h5-13,16,18,23,28,32,40,42H,14-15,17,19,21H2,1-4H3,(H,41,44)/b33-29-/t23?,28-,32-,36?,47+/m0/s1. The minimum absolute atomic E-state index is 0.0294. The highest BCUT2D eigenvalue weighted by Gasteiger charge is 2.47. The van der Waals surface area contributed by atoms with Crippen molar-refractivity contribution in [2.24, 2.45) is 5.92 Å². The third-order valence-electron chi connectivity index (χ3n) is 9.29. The summed E-state index contributed by atoms with van der Waals surface area (Å²) in [5.74, 6) is 0.0735. The summed E-state index contributed by atoms with van der Waals surface area (Å²) in [6, 6.07) is 20.9. The number of fused-ring (bicyclic) bond motifs is 4. The summed E-state index contributed by atoms with van der Waals surface area (Å²) in [6.07, 6.45) is 2.25. The van der Waals surface area contributed by atoms with Crippen molar-refractivity contribution >= 4 is 40.2 Å². The maximum absolute atomic E-state index is 15.6. The number of hydrogen-bond donors (Lipinski definition) is 3. The minimum atomic E-state index is -1.55. The smallest absolute Gasteiger partial charge is 0.247 e. The van der Waals surface area contributed by atoms with Crippen molar-refractivity contribution in [3.63, 3.8) is 0 Å². The topological polar surface area (TPSA) is 112 Å². The Morgan fingerprint density at radius 2 is 1.89 bits per heavy atom. The Balaban J connectivity index is 1.51. The zero-order valence-electron chi connectivity index (χ0n) is 26.9. The summed E-state index contributed by atoms with van der Waals surface area (Å²) in [6.45, 7) is 6.16. The number of benzene rings is 3. The molecule has 0 spiro atoms. The van der Waals surface area contributed by atoms with Crippen LogP contribution in [0.3, 0.4) is 0 Å². The van der Waals surface area contributed by atoms with Gasteiger partial charge in [0.25, 0.3) is 0 Å². The number of halogens is 2. The molecule has 2 bridgehead atoms. The Bertz CT molecular complexity index is 1740. The third-order valence-corrected chi connectivity index (χ3v) is 11.2. The van der Waals surface area contributed by atoms with E-state index in [1.54, 1.807) is 31.4 Å². The van der Waals surface area contributed by atoms with Crippen LogP contribution in [0.1, 0.15) is 63.1 Å². The maximum atomic E-state index is 15.6. The molecule has 246 valence electrons. The Kier molecular flexibility index (Phi) is 9.31. The molecule has 3 aromatic carbocycles. The number of carbonyl (C=O) groups excluding carboxylic acids is 1. The van der Waals surface area contributed by atoms with E-state index in [9.17, 15) is 14.6 Å². The van der Waals surface area contributed by atoms with Gasteiger partial charge in [0, 0.05) is 42.1 Å². The number of amides is 1. The minimum Gasteiger partial charge on any atom is -0.598 e. The average Bonchev–Trinajstić information content (AvgIpc) is 3.69. The lowest BCUT2D eigenvalue weighted by atomic mass is 9.78. The lowest BCUT2D eigenvalue weighted by Gasteiger charge is -2.39. The molecule has 2 unspecified atom stereocenters. The largest absolute Gasteiger partial charge is 0.598 e. The molecule has 3 aromatic rings. The quantitative estimate of drug-likeness (QED) is 0.246. The lowest BCUT2D eigenvalue weighted by Crippen LogP contribution is -2.52. The molecule has 2 fully saturated rings. The van der Waals surface area contributed by atoms with Crippen LogP contribution in [-0.4, -0.2) is 45.9 Å². The van der Waals surface area contributed by atoms with Crippen LogP contribution in [0.5, 0.6) is 0 Å². The van der Waals surface area contributed by atoms with Gasteiger partial charge in [-0.2, -0.15) is 5.26 Å². The van der Waals surface area contributed by atoms with Gasteiger partial charge in [-0.25, -0.2) is 4.39 Å². The summed E-state index contributed by atoms with van der Waals surface area (Å²) < 4.78 is 38.0. The summed E-state index contributed by atoms with van der Waals surface area (Å²) in [4.78, 5) is 16.1. The Morgan fingerprint density at radius 1 is 1.15 bits per heavy atom. The monoisotopic (exact) mass is 675 g/mol. The molecule has 11 heteroatoms. The summed E-state index contributed by atoms with van der Waals surface area (Å²) >= 11 is 4.63. The van der Waals surface area contributed by atoms with Crippen LogP contribution in [0.15, 0.2) is 78.1 Å². The Labute approximate surface area is 283 Å². The molecule has 5 atom stereocenters. The number of nitrogens with zero attached hydrogens (tertiary/aromatic N) is 2. The van der Waals surface area contributed by atoms with Crippen LogP contribution in [-0.2, 0) is 26.4 Å². The molecule has 2 heterocycles. The van der Waals surface area contributed by atoms with E-state index in [1.807, 2.05) is 62.1 Å². The van der Waals surface area contributed by atoms with E-state index in [0.717, 1.165) is 23.5 Å². The van der Waals surface area contributed by atoms with Gasteiger partial charge in [0.15, 0.2) is 0 Å². The van der Waals surface area contributed by atoms with Crippen molar-refractivity contribution in [3.05, 3.63) is 106 Å². The molecule has 1 saturated carbocycles. The molecule has 8 nitrogen and oxygen atoms in total. The van der Waals surface area contributed by atoms with Crippen LogP contribution in [0.4, 0.5) is 15.8 Å². The number of anilines is 2.